The molecule has 1 heterocycles. The first-order chi connectivity index (χ1) is 9.95. The Labute approximate surface area is 123 Å². The SMILES string of the molecule is CN(CC(=O)O)C1CCN(Cc2ccc(F)cc2F)CC1. The van der Waals surface area contributed by atoms with E-state index in [2.05, 4.69) is 4.90 Å². The molecule has 1 aromatic carbocycles. The van der Waals surface area contributed by atoms with E-state index in [-0.39, 0.29) is 12.6 Å². The molecule has 6 heteroatoms. The number of hydrogen-bond donors (Lipinski definition) is 1. The van der Waals surface area contributed by atoms with E-state index in [0.717, 1.165) is 32.0 Å². The van der Waals surface area contributed by atoms with Gasteiger partial charge >= 0.3 is 5.97 Å². The van der Waals surface area contributed by atoms with E-state index in [1.54, 1.807) is 0 Å². The van der Waals surface area contributed by atoms with Gasteiger partial charge in [-0.3, -0.25) is 14.6 Å². The van der Waals surface area contributed by atoms with Crippen molar-refractivity contribution in [2.45, 2.75) is 25.4 Å². The van der Waals surface area contributed by atoms with E-state index in [0.29, 0.717) is 12.1 Å². The fourth-order valence-electron chi connectivity index (χ4n) is 2.75. The Morgan fingerprint density at radius 3 is 2.62 bits per heavy atom. The number of piperidine rings is 1. The van der Waals surface area contributed by atoms with Gasteiger partial charge in [-0.05, 0) is 39.0 Å². The zero-order valence-electron chi connectivity index (χ0n) is 12.1. The third-order valence-electron chi connectivity index (χ3n) is 3.97. The molecule has 0 unspecified atom stereocenters. The minimum Gasteiger partial charge on any atom is -0.480 e. The molecule has 1 aliphatic rings. The van der Waals surface area contributed by atoms with Crippen LogP contribution in [0.1, 0.15) is 18.4 Å². The van der Waals surface area contributed by atoms with Gasteiger partial charge in [-0.15, -0.1) is 0 Å². The van der Waals surface area contributed by atoms with Gasteiger partial charge in [0.05, 0.1) is 6.54 Å². The molecule has 0 spiro atoms. The molecule has 0 radical (unpaired) electrons. The van der Waals surface area contributed by atoms with E-state index in [9.17, 15) is 13.6 Å². The molecule has 4 nitrogen and oxygen atoms in total. The van der Waals surface area contributed by atoms with E-state index in [4.69, 9.17) is 5.11 Å². The van der Waals surface area contributed by atoms with Crippen LogP contribution in [0.2, 0.25) is 0 Å². The lowest BCUT2D eigenvalue weighted by Crippen LogP contribution is -2.44. The van der Waals surface area contributed by atoms with Crippen LogP contribution in [-0.4, -0.2) is 53.6 Å². The smallest absolute Gasteiger partial charge is 0.317 e. The number of likely N-dealkylation sites (tertiary alicyclic amines) is 1. The number of carboxylic acids is 1. The lowest BCUT2D eigenvalue weighted by molar-refractivity contribution is -0.138. The maximum absolute atomic E-state index is 13.6. The van der Waals surface area contributed by atoms with Gasteiger partial charge in [-0.1, -0.05) is 6.07 Å². The van der Waals surface area contributed by atoms with E-state index >= 15 is 0 Å². The monoisotopic (exact) mass is 298 g/mol. The summed E-state index contributed by atoms with van der Waals surface area (Å²) in [6.45, 7) is 2.07. The normalized spacial score (nSPS) is 17.3. The first-order valence-corrected chi connectivity index (χ1v) is 7.04. The lowest BCUT2D eigenvalue weighted by Gasteiger charge is -2.36. The average molecular weight is 298 g/mol. The van der Waals surface area contributed by atoms with Gasteiger partial charge in [-0.25, -0.2) is 8.78 Å². The quantitative estimate of drug-likeness (QED) is 0.902. The number of carboxylic acid groups (broad SMARTS) is 1. The van der Waals surface area contributed by atoms with Crippen molar-refractivity contribution in [3.8, 4) is 0 Å². The molecule has 1 fully saturated rings. The molecule has 1 saturated heterocycles. The van der Waals surface area contributed by atoms with Gasteiger partial charge in [0.1, 0.15) is 11.6 Å². The number of benzene rings is 1. The summed E-state index contributed by atoms with van der Waals surface area (Å²) >= 11 is 0. The molecule has 21 heavy (non-hydrogen) atoms. The van der Waals surface area contributed by atoms with Crippen molar-refractivity contribution in [2.75, 3.05) is 26.7 Å². The van der Waals surface area contributed by atoms with E-state index in [1.807, 2.05) is 11.9 Å². The van der Waals surface area contributed by atoms with Crippen LogP contribution in [0.5, 0.6) is 0 Å². The Morgan fingerprint density at radius 1 is 1.38 bits per heavy atom. The summed E-state index contributed by atoms with van der Waals surface area (Å²) in [6.07, 6.45) is 1.71. The third-order valence-corrected chi connectivity index (χ3v) is 3.97. The number of aliphatic carboxylic acids is 1. The maximum atomic E-state index is 13.6. The van der Waals surface area contributed by atoms with Crippen molar-refractivity contribution in [3.05, 3.63) is 35.4 Å². The summed E-state index contributed by atoms with van der Waals surface area (Å²) in [5.74, 6) is -1.90. The first-order valence-electron chi connectivity index (χ1n) is 7.04. The summed E-state index contributed by atoms with van der Waals surface area (Å²) in [7, 11) is 1.81. The first kappa shape index (κ1) is 15.9. The minimum absolute atomic E-state index is 0.0389. The molecule has 1 aliphatic heterocycles. The molecule has 0 aromatic heterocycles. The standard InChI is InChI=1S/C15H20F2N2O2/c1-18(10-15(20)21)13-4-6-19(7-5-13)9-11-2-3-12(16)8-14(11)17/h2-3,8,13H,4-7,9-10H2,1H3,(H,20,21). The predicted octanol–water partition coefficient (Wildman–Crippen LogP) is 1.95. The fraction of sp³-hybridized carbons (Fsp3) is 0.533. The van der Waals surface area contributed by atoms with Crippen LogP contribution < -0.4 is 0 Å². The third kappa shape index (κ3) is 4.47. The second-order valence-corrected chi connectivity index (χ2v) is 5.55. The van der Waals surface area contributed by atoms with Gasteiger partial charge in [0, 0.05) is 24.2 Å². The lowest BCUT2D eigenvalue weighted by atomic mass is 10.0. The number of rotatable bonds is 5. The largest absolute Gasteiger partial charge is 0.480 e. The highest BCUT2D eigenvalue weighted by Gasteiger charge is 2.24. The van der Waals surface area contributed by atoms with Crippen LogP contribution in [0.25, 0.3) is 0 Å². The van der Waals surface area contributed by atoms with Gasteiger partial charge < -0.3 is 5.11 Å². The van der Waals surface area contributed by atoms with Crippen LogP contribution in [0, 0.1) is 11.6 Å². The molecular weight excluding hydrogens is 278 g/mol. The molecule has 0 bridgehead atoms. The van der Waals surface area contributed by atoms with Gasteiger partial charge in [0.15, 0.2) is 0 Å². The number of likely N-dealkylation sites (N-methyl/N-ethyl adjacent to an activating group) is 1. The summed E-state index contributed by atoms with van der Waals surface area (Å²) in [5.41, 5.74) is 0.494. The van der Waals surface area contributed by atoms with Crippen molar-refractivity contribution in [1.29, 1.82) is 0 Å². The van der Waals surface area contributed by atoms with E-state index < -0.39 is 17.6 Å². The summed E-state index contributed by atoms with van der Waals surface area (Å²) in [6, 6.07) is 3.90. The van der Waals surface area contributed by atoms with Gasteiger partial charge in [0.2, 0.25) is 0 Å². The molecular formula is C15H20F2N2O2. The second-order valence-electron chi connectivity index (χ2n) is 5.55. The molecule has 0 aliphatic carbocycles. The zero-order valence-corrected chi connectivity index (χ0v) is 12.1. The molecule has 0 saturated carbocycles. The summed E-state index contributed by atoms with van der Waals surface area (Å²) < 4.78 is 26.5. The van der Waals surface area contributed by atoms with Gasteiger partial charge in [-0.2, -0.15) is 0 Å². The molecule has 2 rings (SSSR count). The molecule has 1 aromatic rings. The van der Waals surface area contributed by atoms with Crippen LogP contribution in [0.3, 0.4) is 0 Å². The summed E-state index contributed by atoms with van der Waals surface area (Å²) in [5, 5.41) is 8.79. The highest BCUT2D eigenvalue weighted by molar-refractivity contribution is 5.69. The van der Waals surface area contributed by atoms with Crippen LogP contribution in [0.15, 0.2) is 18.2 Å². The highest BCUT2D eigenvalue weighted by atomic mass is 19.1. The Morgan fingerprint density at radius 2 is 2.05 bits per heavy atom. The van der Waals surface area contributed by atoms with Crippen LogP contribution in [-0.2, 0) is 11.3 Å². The number of nitrogens with zero attached hydrogens (tertiary/aromatic N) is 2. The van der Waals surface area contributed by atoms with Crippen molar-refractivity contribution in [1.82, 2.24) is 9.80 Å². The Balaban J connectivity index is 1.85. The minimum atomic E-state index is -0.826. The van der Waals surface area contributed by atoms with E-state index in [1.165, 1.54) is 12.1 Å². The van der Waals surface area contributed by atoms with Gasteiger partial charge in [0.25, 0.3) is 0 Å². The molecule has 1 N–H and O–H groups in total. The number of carbonyl (C=O) groups is 1. The Bertz CT molecular complexity index is 502. The Kier molecular flexibility index (Phi) is 5.25. The maximum Gasteiger partial charge on any atom is 0.317 e. The topological polar surface area (TPSA) is 43.8 Å². The fourth-order valence-corrected chi connectivity index (χ4v) is 2.75. The molecule has 116 valence electrons. The average Bonchev–Trinajstić information content (AvgIpc) is 2.42. The number of hydrogen-bond acceptors (Lipinski definition) is 3. The molecule has 0 atom stereocenters. The van der Waals surface area contributed by atoms with Crippen molar-refractivity contribution in [2.24, 2.45) is 0 Å². The van der Waals surface area contributed by atoms with Crippen molar-refractivity contribution >= 4 is 5.97 Å². The number of halogens is 2. The van der Waals surface area contributed by atoms with Crippen molar-refractivity contribution < 1.29 is 18.7 Å². The van der Waals surface area contributed by atoms with Crippen LogP contribution >= 0.6 is 0 Å². The summed E-state index contributed by atoms with van der Waals surface area (Å²) in [4.78, 5) is 14.7. The predicted molar refractivity (Wildman–Crippen MR) is 74.9 cm³/mol. The van der Waals surface area contributed by atoms with Crippen LogP contribution in [0.4, 0.5) is 8.78 Å². The van der Waals surface area contributed by atoms with Crippen molar-refractivity contribution in [3.63, 3.8) is 0 Å². The highest BCUT2D eigenvalue weighted by Crippen LogP contribution is 2.19. The second kappa shape index (κ2) is 6.95. The molecule has 0 amide bonds. The zero-order chi connectivity index (χ0) is 15.4. The Hall–Kier alpha value is -1.53.